The zero-order valence-electron chi connectivity index (χ0n) is 11.5. The van der Waals surface area contributed by atoms with Crippen LogP contribution in [0.3, 0.4) is 0 Å². The van der Waals surface area contributed by atoms with Crippen molar-refractivity contribution in [2.24, 2.45) is 5.84 Å². The van der Waals surface area contributed by atoms with Crippen LogP contribution < -0.4 is 26.5 Å². The summed E-state index contributed by atoms with van der Waals surface area (Å²) in [5.41, 5.74) is 9.60. The number of hydrogen-bond donors (Lipinski definition) is 3. The number of benzene rings is 1. The van der Waals surface area contributed by atoms with Crippen molar-refractivity contribution in [2.45, 2.75) is 18.6 Å². The number of fused-ring (bicyclic) bond motifs is 1. The van der Waals surface area contributed by atoms with Crippen molar-refractivity contribution in [3.8, 4) is 11.5 Å². The molecule has 2 heterocycles. The van der Waals surface area contributed by atoms with E-state index in [4.69, 9.17) is 21.1 Å². The van der Waals surface area contributed by atoms with E-state index < -0.39 is 0 Å². The number of hydrazine groups is 1. The first-order valence-electron chi connectivity index (χ1n) is 6.82. The molecule has 0 aliphatic carbocycles. The quantitative estimate of drug-likeness (QED) is 0.570. The van der Waals surface area contributed by atoms with E-state index in [-0.39, 0.29) is 12.1 Å². The Morgan fingerprint density at radius 3 is 2.81 bits per heavy atom. The first kappa shape index (κ1) is 13.7. The van der Waals surface area contributed by atoms with Crippen LogP contribution in [0.5, 0.6) is 11.5 Å². The van der Waals surface area contributed by atoms with E-state index in [1.807, 2.05) is 36.4 Å². The highest BCUT2D eigenvalue weighted by Gasteiger charge is 2.28. The normalized spacial score (nSPS) is 18.2. The maximum Gasteiger partial charge on any atom is 0.161 e. The molecule has 1 aromatic carbocycles. The third-order valence-electron chi connectivity index (χ3n) is 3.56. The molecular formula is C15H18N4O2. The minimum absolute atomic E-state index is 0.121. The van der Waals surface area contributed by atoms with Gasteiger partial charge in [-0.05, 0) is 30.2 Å². The van der Waals surface area contributed by atoms with Gasteiger partial charge in [0.1, 0.15) is 18.5 Å². The van der Waals surface area contributed by atoms with Gasteiger partial charge >= 0.3 is 0 Å². The Labute approximate surface area is 123 Å². The Balaban J connectivity index is 1.74. The molecular weight excluding hydrogens is 268 g/mol. The number of nitrogens with two attached hydrogens (primary N) is 2. The number of nitrogen functional groups attached to an aromatic ring is 1. The molecule has 2 aromatic rings. The lowest BCUT2D eigenvalue weighted by Crippen LogP contribution is -2.51. The molecule has 21 heavy (non-hydrogen) atoms. The molecule has 6 heteroatoms. The van der Waals surface area contributed by atoms with Gasteiger partial charge in [-0.2, -0.15) is 0 Å². The minimum Gasteiger partial charge on any atom is -0.486 e. The van der Waals surface area contributed by atoms with Crippen LogP contribution in [0, 0.1) is 0 Å². The number of para-hydroxylation sites is 2. The largest absolute Gasteiger partial charge is 0.486 e. The molecule has 0 bridgehead atoms. The van der Waals surface area contributed by atoms with Gasteiger partial charge in [0.25, 0.3) is 0 Å². The fraction of sp³-hybridized carbons (Fsp3) is 0.267. The predicted octanol–water partition coefficient (Wildman–Crippen LogP) is 0.878. The van der Waals surface area contributed by atoms with E-state index in [9.17, 15) is 0 Å². The third kappa shape index (κ3) is 2.91. The van der Waals surface area contributed by atoms with E-state index in [2.05, 4.69) is 10.4 Å². The summed E-state index contributed by atoms with van der Waals surface area (Å²) in [5.74, 6) is 7.67. The monoisotopic (exact) mass is 286 g/mol. The van der Waals surface area contributed by atoms with Gasteiger partial charge < -0.3 is 15.2 Å². The van der Waals surface area contributed by atoms with E-state index in [1.54, 1.807) is 6.20 Å². The summed E-state index contributed by atoms with van der Waals surface area (Å²) in [5, 5.41) is 0. The standard InChI is InChI=1S/C15H18N4O2/c16-15-10(4-3-7-18-15)8-11(19-17)14-9-20-12-5-1-2-6-13(12)21-14/h1-7,11,14,19H,8-9,17H2,(H2,16,18). The third-order valence-corrected chi connectivity index (χ3v) is 3.56. The zero-order chi connectivity index (χ0) is 14.7. The summed E-state index contributed by atoms with van der Waals surface area (Å²) in [7, 11) is 0. The van der Waals surface area contributed by atoms with Crippen LogP contribution in [-0.4, -0.2) is 23.7 Å². The zero-order valence-corrected chi connectivity index (χ0v) is 11.5. The summed E-state index contributed by atoms with van der Waals surface area (Å²) < 4.78 is 11.7. The molecule has 1 aromatic heterocycles. The molecule has 0 spiro atoms. The number of aromatic nitrogens is 1. The molecule has 0 saturated carbocycles. The van der Waals surface area contributed by atoms with Crippen molar-refractivity contribution in [2.75, 3.05) is 12.3 Å². The molecule has 1 aliphatic heterocycles. The average Bonchev–Trinajstić information content (AvgIpc) is 2.54. The van der Waals surface area contributed by atoms with Gasteiger partial charge in [-0.1, -0.05) is 18.2 Å². The summed E-state index contributed by atoms with van der Waals surface area (Å²) in [6, 6.07) is 11.3. The Morgan fingerprint density at radius 2 is 2.05 bits per heavy atom. The van der Waals surface area contributed by atoms with Crippen molar-refractivity contribution >= 4 is 5.82 Å². The second kappa shape index (κ2) is 5.99. The Bertz CT molecular complexity index is 620. The molecule has 0 amide bonds. The van der Waals surface area contributed by atoms with E-state index in [0.717, 1.165) is 17.1 Å². The summed E-state index contributed by atoms with van der Waals surface area (Å²) >= 11 is 0. The van der Waals surface area contributed by atoms with Crippen molar-refractivity contribution in [3.05, 3.63) is 48.2 Å². The highest BCUT2D eigenvalue weighted by molar-refractivity contribution is 5.41. The van der Waals surface area contributed by atoms with Crippen LogP contribution >= 0.6 is 0 Å². The number of rotatable bonds is 4. The molecule has 0 saturated heterocycles. The predicted molar refractivity (Wildman–Crippen MR) is 79.8 cm³/mol. The lowest BCUT2D eigenvalue weighted by Gasteiger charge is -2.32. The molecule has 0 fully saturated rings. The van der Waals surface area contributed by atoms with Crippen LogP contribution in [0.1, 0.15) is 5.56 Å². The Hall–Kier alpha value is -2.31. The first-order valence-corrected chi connectivity index (χ1v) is 6.82. The van der Waals surface area contributed by atoms with Crippen LogP contribution in [0.2, 0.25) is 0 Å². The molecule has 2 atom stereocenters. The van der Waals surface area contributed by atoms with Crippen LogP contribution in [0.25, 0.3) is 0 Å². The number of nitrogens with zero attached hydrogens (tertiary/aromatic N) is 1. The molecule has 1 aliphatic rings. The second-order valence-corrected chi connectivity index (χ2v) is 4.94. The van der Waals surface area contributed by atoms with Gasteiger partial charge in [-0.25, -0.2) is 4.98 Å². The highest BCUT2D eigenvalue weighted by Crippen LogP contribution is 2.32. The van der Waals surface area contributed by atoms with Crippen LogP contribution in [-0.2, 0) is 6.42 Å². The van der Waals surface area contributed by atoms with Gasteiger partial charge in [-0.3, -0.25) is 11.3 Å². The first-order chi connectivity index (χ1) is 10.3. The number of ether oxygens (including phenoxy) is 2. The maximum atomic E-state index is 5.97. The average molecular weight is 286 g/mol. The number of nitrogens with one attached hydrogen (secondary N) is 1. The lowest BCUT2D eigenvalue weighted by molar-refractivity contribution is 0.0620. The van der Waals surface area contributed by atoms with Gasteiger partial charge in [0, 0.05) is 6.20 Å². The molecule has 3 rings (SSSR count). The SMILES string of the molecule is NNC(Cc1cccnc1N)C1COc2ccccc2O1. The summed E-state index contributed by atoms with van der Waals surface area (Å²) in [4.78, 5) is 4.08. The minimum atomic E-state index is -0.190. The summed E-state index contributed by atoms with van der Waals surface area (Å²) in [6.45, 7) is 0.437. The fourth-order valence-corrected chi connectivity index (χ4v) is 2.39. The van der Waals surface area contributed by atoms with Crippen molar-refractivity contribution in [3.63, 3.8) is 0 Å². The molecule has 0 radical (unpaired) electrons. The van der Waals surface area contributed by atoms with E-state index >= 15 is 0 Å². The number of pyridine rings is 1. The van der Waals surface area contributed by atoms with Crippen LogP contribution in [0.15, 0.2) is 42.6 Å². The smallest absolute Gasteiger partial charge is 0.161 e. The van der Waals surface area contributed by atoms with E-state index in [1.165, 1.54) is 0 Å². The van der Waals surface area contributed by atoms with Gasteiger partial charge in [-0.15, -0.1) is 0 Å². The lowest BCUT2D eigenvalue weighted by atomic mass is 10.0. The van der Waals surface area contributed by atoms with Gasteiger partial charge in [0.2, 0.25) is 0 Å². The highest BCUT2D eigenvalue weighted by atomic mass is 16.6. The maximum absolute atomic E-state index is 5.97. The summed E-state index contributed by atoms with van der Waals surface area (Å²) in [6.07, 6.45) is 2.09. The van der Waals surface area contributed by atoms with Crippen molar-refractivity contribution < 1.29 is 9.47 Å². The van der Waals surface area contributed by atoms with Crippen LogP contribution in [0.4, 0.5) is 5.82 Å². The molecule has 5 N–H and O–H groups in total. The van der Waals surface area contributed by atoms with E-state index in [0.29, 0.717) is 18.8 Å². The van der Waals surface area contributed by atoms with Gasteiger partial charge in [0.05, 0.1) is 6.04 Å². The molecule has 110 valence electrons. The Morgan fingerprint density at radius 1 is 1.24 bits per heavy atom. The number of anilines is 1. The number of hydrogen-bond acceptors (Lipinski definition) is 6. The van der Waals surface area contributed by atoms with Crippen molar-refractivity contribution in [1.29, 1.82) is 0 Å². The molecule has 2 unspecified atom stereocenters. The van der Waals surface area contributed by atoms with Crippen molar-refractivity contribution in [1.82, 2.24) is 10.4 Å². The Kier molecular flexibility index (Phi) is 3.89. The fourth-order valence-electron chi connectivity index (χ4n) is 2.39. The second-order valence-electron chi connectivity index (χ2n) is 4.94. The molecule has 6 nitrogen and oxygen atoms in total. The topological polar surface area (TPSA) is 95.4 Å². The van der Waals surface area contributed by atoms with Gasteiger partial charge in [0.15, 0.2) is 11.5 Å².